The number of hydrazone groups is 1. The van der Waals surface area contributed by atoms with Crippen molar-refractivity contribution in [2.75, 3.05) is 7.05 Å². The number of rotatable bonds is 4. The Morgan fingerprint density at radius 3 is 2.49 bits per heavy atom. The quantitative estimate of drug-likeness (QED) is 0.543. The van der Waals surface area contributed by atoms with Crippen LogP contribution in [0.1, 0.15) is 33.1 Å². The SMILES string of the molecule is Cc1ccc(F)cc1C1NC(=O)C2=C1C(NC(=O)c1cc(F)cc(C(F)(F)F)c1)=CC1C2=NN(C)C1C(F)F. The Morgan fingerprint density at radius 2 is 1.82 bits per heavy atom. The van der Waals surface area contributed by atoms with Crippen molar-refractivity contribution < 1.29 is 40.3 Å². The summed E-state index contributed by atoms with van der Waals surface area (Å²) < 4.78 is 95.7. The number of fused-ring (bicyclic) bond motifs is 2. The van der Waals surface area contributed by atoms with Gasteiger partial charge in [-0.3, -0.25) is 14.6 Å². The van der Waals surface area contributed by atoms with Gasteiger partial charge in [0.2, 0.25) is 0 Å². The molecule has 5 rings (SSSR count). The highest BCUT2D eigenvalue weighted by molar-refractivity contribution is 6.27. The highest BCUT2D eigenvalue weighted by Crippen LogP contribution is 2.44. The zero-order valence-electron chi connectivity index (χ0n) is 20.2. The minimum atomic E-state index is -4.94. The number of hydrogen-bond acceptors (Lipinski definition) is 4. The molecule has 0 bridgehead atoms. The fraction of sp³-hybridized carbons (Fsp3) is 0.269. The van der Waals surface area contributed by atoms with E-state index in [-0.39, 0.29) is 28.6 Å². The van der Waals surface area contributed by atoms with Crippen molar-refractivity contribution >= 4 is 17.5 Å². The van der Waals surface area contributed by atoms with Crippen LogP contribution in [0.2, 0.25) is 0 Å². The van der Waals surface area contributed by atoms with Gasteiger partial charge in [-0.25, -0.2) is 17.6 Å². The van der Waals surface area contributed by atoms with Gasteiger partial charge in [-0.2, -0.15) is 18.3 Å². The van der Waals surface area contributed by atoms with Gasteiger partial charge >= 0.3 is 6.18 Å². The van der Waals surface area contributed by atoms with Gasteiger partial charge in [0, 0.05) is 23.9 Å². The van der Waals surface area contributed by atoms with Crippen LogP contribution in [0.15, 0.2) is 64.4 Å². The fourth-order valence-corrected chi connectivity index (χ4v) is 5.11. The Morgan fingerprint density at radius 1 is 1.10 bits per heavy atom. The molecule has 0 fully saturated rings. The molecule has 6 nitrogen and oxygen atoms in total. The van der Waals surface area contributed by atoms with E-state index in [1.54, 1.807) is 6.92 Å². The second-order valence-corrected chi connectivity index (χ2v) is 9.37. The van der Waals surface area contributed by atoms with Crippen LogP contribution >= 0.6 is 0 Å². The molecule has 2 aliphatic heterocycles. The molecule has 3 unspecified atom stereocenters. The summed E-state index contributed by atoms with van der Waals surface area (Å²) in [6, 6.07) is 2.53. The van der Waals surface area contributed by atoms with Crippen LogP contribution < -0.4 is 10.6 Å². The first-order valence-corrected chi connectivity index (χ1v) is 11.6. The van der Waals surface area contributed by atoms with Crippen LogP contribution in [0.25, 0.3) is 0 Å². The third-order valence-corrected chi connectivity index (χ3v) is 6.88. The number of carbonyl (C=O) groups is 2. The van der Waals surface area contributed by atoms with Crippen molar-refractivity contribution in [3.63, 3.8) is 0 Å². The van der Waals surface area contributed by atoms with E-state index in [1.807, 2.05) is 0 Å². The molecular weight excluding hydrogens is 533 g/mol. The van der Waals surface area contributed by atoms with E-state index in [0.29, 0.717) is 23.3 Å². The van der Waals surface area contributed by atoms with E-state index in [1.165, 1.54) is 25.3 Å². The zero-order valence-corrected chi connectivity index (χ0v) is 20.2. The van der Waals surface area contributed by atoms with Crippen molar-refractivity contribution in [2.24, 2.45) is 11.0 Å². The highest BCUT2D eigenvalue weighted by atomic mass is 19.4. The Balaban J connectivity index is 1.63. The van der Waals surface area contributed by atoms with Crippen molar-refractivity contribution in [1.82, 2.24) is 15.6 Å². The predicted molar refractivity (Wildman–Crippen MR) is 124 cm³/mol. The molecule has 0 spiro atoms. The molecule has 204 valence electrons. The average Bonchev–Trinajstić information content (AvgIpc) is 3.36. The first kappa shape index (κ1) is 26.4. The van der Waals surface area contributed by atoms with E-state index in [2.05, 4.69) is 15.7 Å². The number of amides is 2. The van der Waals surface area contributed by atoms with Gasteiger partial charge in [0.1, 0.15) is 17.7 Å². The number of nitrogens with one attached hydrogen (secondary N) is 2. The Kier molecular flexibility index (Phi) is 6.27. The van der Waals surface area contributed by atoms with Crippen molar-refractivity contribution in [2.45, 2.75) is 31.6 Å². The predicted octanol–water partition coefficient (Wildman–Crippen LogP) is 4.64. The lowest BCUT2D eigenvalue weighted by molar-refractivity contribution is -0.137. The van der Waals surface area contributed by atoms with Crippen molar-refractivity contribution in [3.8, 4) is 0 Å². The average molecular weight is 552 g/mol. The van der Waals surface area contributed by atoms with E-state index in [0.717, 1.165) is 11.1 Å². The summed E-state index contributed by atoms with van der Waals surface area (Å²) in [7, 11) is 1.29. The maximum Gasteiger partial charge on any atom is 0.416 e. The molecule has 2 N–H and O–H groups in total. The van der Waals surface area contributed by atoms with Gasteiger partial charge in [0.05, 0.1) is 28.8 Å². The van der Waals surface area contributed by atoms with Crippen LogP contribution in [0.5, 0.6) is 0 Å². The van der Waals surface area contributed by atoms with Gasteiger partial charge in [-0.05, 0) is 54.5 Å². The van der Waals surface area contributed by atoms with Crippen LogP contribution in [-0.4, -0.2) is 42.0 Å². The Bertz CT molecular complexity index is 1500. The highest BCUT2D eigenvalue weighted by Gasteiger charge is 2.50. The van der Waals surface area contributed by atoms with E-state index >= 15 is 0 Å². The topological polar surface area (TPSA) is 73.8 Å². The Labute approximate surface area is 216 Å². The van der Waals surface area contributed by atoms with Crippen LogP contribution in [0, 0.1) is 24.5 Å². The minimum absolute atomic E-state index is 0.00923. The molecule has 0 radical (unpaired) electrons. The molecule has 13 heteroatoms. The normalized spacial score (nSPS) is 22.5. The number of halogens is 7. The Hall–Kier alpha value is -4.16. The van der Waals surface area contributed by atoms with Gasteiger partial charge < -0.3 is 10.6 Å². The maximum absolute atomic E-state index is 14.2. The number of nitrogens with zero attached hydrogens (tertiary/aromatic N) is 2. The molecule has 1 aliphatic carbocycles. The molecule has 0 aromatic heterocycles. The summed E-state index contributed by atoms with van der Waals surface area (Å²) in [6.45, 7) is 1.65. The molecule has 2 heterocycles. The summed E-state index contributed by atoms with van der Waals surface area (Å²) in [5.74, 6) is -5.00. The van der Waals surface area contributed by atoms with Crippen LogP contribution in [0.3, 0.4) is 0 Å². The largest absolute Gasteiger partial charge is 0.416 e. The molecule has 3 atom stereocenters. The summed E-state index contributed by atoms with van der Waals surface area (Å²) in [5.41, 5.74) is -1.42. The zero-order chi connectivity index (χ0) is 28.4. The van der Waals surface area contributed by atoms with Gasteiger partial charge in [-0.15, -0.1) is 0 Å². The lowest BCUT2D eigenvalue weighted by atomic mass is 9.80. The number of carbonyl (C=O) groups excluding carboxylic acids is 2. The maximum atomic E-state index is 14.2. The number of aryl methyl sites for hydroxylation is 1. The lowest BCUT2D eigenvalue weighted by Crippen LogP contribution is -2.39. The van der Waals surface area contributed by atoms with Crippen molar-refractivity contribution in [3.05, 3.63) is 93.2 Å². The molecular formula is C26H19F7N4O2. The first-order valence-electron chi connectivity index (χ1n) is 11.6. The number of benzene rings is 2. The van der Waals surface area contributed by atoms with Gasteiger partial charge in [0.15, 0.2) is 0 Å². The molecule has 39 heavy (non-hydrogen) atoms. The van der Waals surface area contributed by atoms with E-state index in [4.69, 9.17) is 0 Å². The second-order valence-electron chi connectivity index (χ2n) is 9.37. The molecule has 0 saturated carbocycles. The first-order chi connectivity index (χ1) is 18.3. The molecule has 2 aromatic rings. The van der Waals surface area contributed by atoms with Gasteiger partial charge in [-0.1, -0.05) is 6.07 Å². The molecule has 3 aliphatic rings. The standard InChI is InChI=1S/C26H19F7N4O2/c1-10-3-4-13(27)8-15(10)20-18-17(34-24(38)11-5-12(26(31,32)33)7-14(28)6-11)9-16-21(19(18)25(39)35-20)36-37(2)22(16)23(29)30/h3-9,16,20,22-23H,1-2H3,(H,34,38)(H,35,39). The number of alkyl halides is 5. The second kappa shape index (κ2) is 9.24. The van der Waals surface area contributed by atoms with Crippen molar-refractivity contribution in [1.29, 1.82) is 0 Å². The van der Waals surface area contributed by atoms with Gasteiger partial charge in [0.25, 0.3) is 18.2 Å². The van der Waals surface area contributed by atoms with Crippen LogP contribution in [-0.2, 0) is 11.0 Å². The number of hydrogen-bond donors (Lipinski definition) is 2. The smallest absolute Gasteiger partial charge is 0.341 e. The minimum Gasteiger partial charge on any atom is -0.341 e. The summed E-state index contributed by atoms with van der Waals surface area (Å²) >= 11 is 0. The monoisotopic (exact) mass is 552 g/mol. The lowest BCUT2D eigenvalue weighted by Gasteiger charge is -2.28. The summed E-state index contributed by atoms with van der Waals surface area (Å²) in [5, 5.41) is 10.2. The fourth-order valence-electron chi connectivity index (χ4n) is 5.11. The summed E-state index contributed by atoms with van der Waals surface area (Å²) in [6.07, 6.45) is -6.62. The molecule has 0 saturated heterocycles. The molecule has 2 aromatic carbocycles. The van der Waals surface area contributed by atoms with E-state index in [9.17, 15) is 40.3 Å². The summed E-state index contributed by atoms with van der Waals surface area (Å²) in [4.78, 5) is 26.2. The third-order valence-electron chi connectivity index (χ3n) is 6.88. The molecule has 2 amide bonds. The van der Waals surface area contributed by atoms with Crippen LogP contribution in [0.4, 0.5) is 30.7 Å². The van der Waals surface area contributed by atoms with E-state index < -0.39 is 65.2 Å². The third kappa shape index (κ3) is 4.55.